The number of nitrogens with one attached hydrogen (secondary N) is 1. The van der Waals surface area contributed by atoms with Gasteiger partial charge in [0.1, 0.15) is 5.25 Å². The van der Waals surface area contributed by atoms with Crippen LogP contribution in [0.5, 0.6) is 0 Å². The molecule has 1 atom stereocenters. The predicted molar refractivity (Wildman–Crippen MR) is 59.2 cm³/mol. The summed E-state index contributed by atoms with van der Waals surface area (Å²) in [4.78, 5) is 11.6. The number of sulfone groups is 1. The minimum Gasteiger partial charge on any atom is -0.351 e. The molecule has 0 bridgehead atoms. The van der Waals surface area contributed by atoms with Crippen molar-refractivity contribution in [3.05, 3.63) is 12.2 Å². The molecule has 0 spiro atoms. The van der Waals surface area contributed by atoms with Crippen LogP contribution in [0.2, 0.25) is 0 Å². The van der Waals surface area contributed by atoms with Gasteiger partial charge in [0.05, 0.1) is 5.75 Å². The Morgan fingerprint density at radius 3 is 2.67 bits per heavy atom. The average molecular weight is 231 g/mol. The highest BCUT2D eigenvalue weighted by molar-refractivity contribution is 7.92. The Morgan fingerprint density at radius 1 is 1.47 bits per heavy atom. The topological polar surface area (TPSA) is 63.2 Å². The van der Waals surface area contributed by atoms with E-state index in [2.05, 4.69) is 11.9 Å². The van der Waals surface area contributed by atoms with Crippen LogP contribution in [0.15, 0.2) is 12.2 Å². The van der Waals surface area contributed by atoms with E-state index in [1.54, 1.807) is 6.92 Å². The summed E-state index contributed by atoms with van der Waals surface area (Å²) in [7, 11) is -3.21. The lowest BCUT2D eigenvalue weighted by atomic mass is 10.2. The average Bonchev–Trinajstić information content (AvgIpc) is 2.13. The fraction of sp³-hybridized carbons (Fsp3) is 0.700. The van der Waals surface area contributed by atoms with E-state index in [4.69, 9.17) is 0 Å². The summed E-state index contributed by atoms with van der Waals surface area (Å²) in [5.74, 6) is -0.240. The minimum absolute atomic E-state index is 0.137. The number of carbonyl (C=O) groups excluding carboxylic acids is 1. The minimum atomic E-state index is -3.21. The van der Waals surface area contributed by atoms with Crippen molar-refractivity contribution >= 4 is 15.7 Å². The van der Waals surface area contributed by atoms with Crippen molar-refractivity contribution in [2.45, 2.75) is 31.4 Å². The first kappa shape index (κ1) is 12.2. The standard InChI is InChI=1S/C10H17NO3S/c1-8(2)7-11-10(12)9-5-3-4-6-15(9,13)14/h9H,1,3-7H2,2H3,(H,11,12). The van der Waals surface area contributed by atoms with Crippen LogP contribution in [0.1, 0.15) is 26.2 Å². The highest BCUT2D eigenvalue weighted by atomic mass is 32.2. The summed E-state index contributed by atoms with van der Waals surface area (Å²) in [5, 5.41) is 1.75. The van der Waals surface area contributed by atoms with Gasteiger partial charge < -0.3 is 5.32 Å². The molecule has 86 valence electrons. The number of hydrogen-bond donors (Lipinski definition) is 1. The van der Waals surface area contributed by atoms with Crippen LogP contribution in [-0.2, 0) is 14.6 Å². The van der Waals surface area contributed by atoms with E-state index in [1.807, 2.05) is 0 Å². The summed E-state index contributed by atoms with van der Waals surface area (Å²) in [5.41, 5.74) is 0.816. The molecular formula is C10H17NO3S. The van der Waals surface area contributed by atoms with Gasteiger partial charge >= 0.3 is 0 Å². The van der Waals surface area contributed by atoms with Crippen LogP contribution in [0, 0.1) is 0 Å². The third-order valence-electron chi connectivity index (χ3n) is 2.44. The monoisotopic (exact) mass is 231 g/mol. The second kappa shape index (κ2) is 4.79. The van der Waals surface area contributed by atoms with Crippen LogP contribution in [0.25, 0.3) is 0 Å². The molecule has 1 heterocycles. The number of hydrogen-bond acceptors (Lipinski definition) is 3. The maximum Gasteiger partial charge on any atom is 0.238 e. The fourth-order valence-electron chi connectivity index (χ4n) is 1.60. The molecule has 0 saturated carbocycles. The summed E-state index contributed by atoms with van der Waals surface area (Å²) < 4.78 is 23.2. The SMILES string of the molecule is C=C(C)CNC(=O)C1CCCCS1(=O)=O. The predicted octanol–water partition coefficient (Wildman–Crippen LogP) is 0.646. The third-order valence-corrected chi connectivity index (χ3v) is 4.61. The van der Waals surface area contributed by atoms with Crippen LogP contribution >= 0.6 is 0 Å². The molecule has 1 amide bonds. The molecule has 1 saturated heterocycles. The molecule has 5 heteroatoms. The third kappa shape index (κ3) is 3.34. The molecule has 1 aliphatic rings. The van der Waals surface area contributed by atoms with Gasteiger partial charge in [-0.2, -0.15) is 0 Å². The first-order valence-corrected chi connectivity index (χ1v) is 6.78. The lowest BCUT2D eigenvalue weighted by molar-refractivity contribution is -0.120. The molecule has 1 fully saturated rings. The Hall–Kier alpha value is -0.840. The van der Waals surface area contributed by atoms with Gasteiger partial charge in [-0.05, 0) is 19.8 Å². The smallest absolute Gasteiger partial charge is 0.238 e. The Bertz CT molecular complexity index is 359. The number of rotatable bonds is 3. The molecule has 0 aromatic heterocycles. The molecule has 1 unspecified atom stereocenters. The van der Waals surface area contributed by atoms with Gasteiger partial charge in [0, 0.05) is 6.54 Å². The second-order valence-corrected chi connectivity index (χ2v) is 6.33. The molecule has 4 nitrogen and oxygen atoms in total. The van der Waals surface area contributed by atoms with Gasteiger partial charge in [-0.1, -0.05) is 18.6 Å². The summed E-state index contributed by atoms with van der Waals surface area (Å²) in [6.45, 7) is 5.78. The van der Waals surface area contributed by atoms with Crippen LogP contribution in [-0.4, -0.2) is 31.9 Å². The highest BCUT2D eigenvalue weighted by Gasteiger charge is 2.34. The van der Waals surface area contributed by atoms with E-state index < -0.39 is 15.1 Å². The van der Waals surface area contributed by atoms with Crippen molar-refractivity contribution < 1.29 is 13.2 Å². The summed E-state index contributed by atoms with van der Waals surface area (Å²) >= 11 is 0. The molecule has 0 aromatic rings. The molecule has 15 heavy (non-hydrogen) atoms. The van der Waals surface area contributed by atoms with Crippen molar-refractivity contribution in [2.75, 3.05) is 12.3 Å². The van der Waals surface area contributed by atoms with Crippen molar-refractivity contribution in [3.8, 4) is 0 Å². The first-order valence-electron chi connectivity index (χ1n) is 5.07. The summed E-state index contributed by atoms with van der Waals surface area (Å²) in [6.07, 6.45) is 1.93. The molecule has 0 aliphatic carbocycles. The largest absolute Gasteiger partial charge is 0.351 e. The van der Waals surface area contributed by atoms with E-state index in [1.165, 1.54) is 0 Å². The Labute approximate surface area is 90.7 Å². The zero-order valence-corrected chi connectivity index (χ0v) is 9.77. The van der Waals surface area contributed by atoms with Gasteiger partial charge in [0.2, 0.25) is 5.91 Å². The Balaban J connectivity index is 2.61. The van der Waals surface area contributed by atoms with Crippen molar-refractivity contribution in [2.24, 2.45) is 0 Å². The van der Waals surface area contributed by atoms with Crippen LogP contribution in [0.4, 0.5) is 0 Å². The van der Waals surface area contributed by atoms with Crippen molar-refractivity contribution in [1.82, 2.24) is 5.32 Å². The van der Waals surface area contributed by atoms with Gasteiger partial charge in [-0.25, -0.2) is 8.42 Å². The van der Waals surface area contributed by atoms with Crippen molar-refractivity contribution in [1.29, 1.82) is 0 Å². The zero-order valence-electron chi connectivity index (χ0n) is 8.95. The molecule has 1 aliphatic heterocycles. The molecule has 1 N–H and O–H groups in total. The van der Waals surface area contributed by atoms with E-state index in [-0.39, 0.29) is 11.7 Å². The maximum atomic E-state index is 11.6. The van der Waals surface area contributed by atoms with E-state index >= 15 is 0 Å². The molecular weight excluding hydrogens is 214 g/mol. The van der Waals surface area contributed by atoms with Crippen molar-refractivity contribution in [3.63, 3.8) is 0 Å². The van der Waals surface area contributed by atoms with Gasteiger partial charge in [-0.15, -0.1) is 0 Å². The van der Waals surface area contributed by atoms with Crippen LogP contribution in [0.3, 0.4) is 0 Å². The molecule has 0 aromatic carbocycles. The van der Waals surface area contributed by atoms with Gasteiger partial charge in [0.15, 0.2) is 9.84 Å². The Kier molecular flexibility index (Phi) is 3.90. The van der Waals surface area contributed by atoms with Gasteiger partial charge in [0.25, 0.3) is 0 Å². The van der Waals surface area contributed by atoms with Crippen LogP contribution < -0.4 is 5.32 Å². The quantitative estimate of drug-likeness (QED) is 0.725. The molecule has 0 radical (unpaired) electrons. The lowest BCUT2D eigenvalue weighted by Crippen LogP contribution is -2.43. The fourth-order valence-corrected chi connectivity index (χ4v) is 3.43. The Morgan fingerprint density at radius 2 is 2.13 bits per heavy atom. The van der Waals surface area contributed by atoms with Gasteiger partial charge in [-0.3, -0.25) is 4.79 Å². The first-order chi connectivity index (χ1) is 6.93. The van der Waals surface area contributed by atoms with E-state index in [0.29, 0.717) is 19.4 Å². The normalized spacial score (nSPS) is 24.5. The van der Waals surface area contributed by atoms with E-state index in [0.717, 1.165) is 12.0 Å². The maximum absolute atomic E-state index is 11.6. The van der Waals surface area contributed by atoms with E-state index in [9.17, 15) is 13.2 Å². The molecule has 1 rings (SSSR count). The number of amides is 1. The number of carbonyl (C=O) groups is 1. The zero-order chi connectivity index (χ0) is 11.5. The highest BCUT2D eigenvalue weighted by Crippen LogP contribution is 2.19. The summed E-state index contributed by atoms with van der Waals surface area (Å²) in [6, 6.07) is 0. The second-order valence-electron chi connectivity index (χ2n) is 4.03. The lowest BCUT2D eigenvalue weighted by Gasteiger charge is -2.21.